The van der Waals surface area contributed by atoms with E-state index < -0.39 is 32.6 Å². The second-order valence-electron chi connectivity index (χ2n) is 9.52. The number of nitrogens with zero attached hydrogens (tertiary/aromatic N) is 1. The van der Waals surface area contributed by atoms with Crippen molar-refractivity contribution < 1.29 is 27.8 Å². The molecule has 0 aliphatic carbocycles. The number of benzene rings is 2. The van der Waals surface area contributed by atoms with E-state index in [2.05, 4.69) is 0 Å². The zero-order valence-corrected chi connectivity index (χ0v) is 20.4. The van der Waals surface area contributed by atoms with Crippen LogP contribution in [0.5, 0.6) is 0 Å². The summed E-state index contributed by atoms with van der Waals surface area (Å²) in [5.41, 5.74) is 1.04. The van der Waals surface area contributed by atoms with Crippen molar-refractivity contribution in [3.63, 3.8) is 0 Å². The van der Waals surface area contributed by atoms with E-state index in [1.807, 2.05) is 37.3 Å². The smallest absolute Gasteiger partial charge is 0.221 e. The topological polar surface area (TPSA) is 87.1 Å². The molecule has 0 spiro atoms. The molecule has 0 bridgehead atoms. The predicted molar refractivity (Wildman–Crippen MR) is 128 cm³/mol. The van der Waals surface area contributed by atoms with Gasteiger partial charge in [-0.2, -0.15) is 4.31 Å². The highest BCUT2D eigenvalue weighted by molar-refractivity contribution is 7.89. The maximum atomic E-state index is 15.4. The van der Waals surface area contributed by atoms with Crippen molar-refractivity contribution in [1.82, 2.24) is 4.31 Å². The third-order valence-corrected chi connectivity index (χ3v) is 9.95. The lowest BCUT2D eigenvalue weighted by molar-refractivity contribution is -0.0242. The van der Waals surface area contributed by atoms with Crippen LogP contribution in [0.25, 0.3) is 0 Å². The van der Waals surface area contributed by atoms with Crippen molar-refractivity contribution in [2.45, 2.75) is 68.4 Å². The van der Waals surface area contributed by atoms with E-state index >= 15 is 4.39 Å². The molecule has 2 fully saturated rings. The van der Waals surface area contributed by atoms with Crippen LogP contribution in [-0.4, -0.2) is 54.9 Å². The molecule has 0 saturated carbocycles. The normalized spacial score (nSPS) is 25.6. The molecule has 2 aliphatic rings. The second-order valence-corrected chi connectivity index (χ2v) is 11.6. The maximum Gasteiger partial charge on any atom is 0.221 e. The van der Waals surface area contributed by atoms with Crippen molar-refractivity contribution >= 4 is 10.0 Å². The van der Waals surface area contributed by atoms with Crippen LogP contribution in [0.3, 0.4) is 0 Å². The molecule has 0 unspecified atom stereocenters. The minimum atomic E-state index is -3.66. The lowest BCUT2D eigenvalue weighted by Crippen LogP contribution is -2.45. The Hall–Kier alpha value is -1.84. The Labute approximate surface area is 201 Å². The molecule has 6 nitrogen and oxygen atoms in total. The summed E-state index contributed by atoms with van der Waals surface area (Å²) in [6.07, 6.45) is 1.69. The molecule has 8 heteroatoms. The van der Waals surface area contributed by atoms with Crippen LogP contribution in [0, 0.1) is 5.82 Å². The van der Waals surface area contributed by atoms with Gasteiger partial charge >= 0.3 is 0 Å². The van der Waals surface area contributed by atoms with Gasteiger partial charge in [-0.25, -0.2) is 12.8 Å². The quantitative estimate of drug-likeness (QED) is 0.617. The van der Waals surface area contributed by atoms with Gasteiger partial charge in [0.2, 0.25) is 10.0 Å². The van der Waals surface area contributed by atoms with Crippen LogP contribution >= 0.6 is 0 Å². The third kappa shape index (κ3) is 4.79. The maximum absolute atomic E-state index is 15.4. The fourth-order valence-electron chi connectivity index (χ4n) is 5.45. The first-order valence-corrected chi connectivity index (χ1v) is 13.5. The van der Waals surface area contributed by atoms with Crippen molar-refractivity contribution in [3.05, 3.63) is 71.0 Å². The number of hydrogen-bond donors (Lipinski definition) is 2. The Bertz CT molecular complexity index is 1070. The van der Waals surface area contributed by atoms with Crippen LogP contribution in [0.2, 0.25) is 0 Å². The number of ether oxygens (including phenoxy) is 1. The largest absolute Gasteiger partial charge is 0.396 e. The van der Waals surface area contributed by atoms with E-state index in [4.69, 9.17) is 4.74 Å². The molecule has 0 radical (unpaired) electrons. The van der Waals surface area contributed by atoms with Gasteiger partial charge in [-0.15, -0.1) is 0 Å². The fourth-order valence-corrected chi connectivity index (χ4v) is 7.64. The molecule has 34 heavy (non-hydrogen) atoms. The first-order valence-electron chi connectivity index (χ1n) is 12.0. The van der Waals surface area contributed by atoms with Gasteiger partial charge in [0, 0.05) is 43.4 Å². The molecule has 0 amide bonds. The van der Waals surface area contributed by atoms with E-state index in [-0.39, 0.29) is 25.6 Å². The minimum Gasteiger partial charge on any atom is -0.396 e. The molecule has 2 saturated heterocycles. The molecule has 186 valence electrons. The van der Waals surface area contributed by atoms with Crippen LogP contribution in [-0.2, 0) is 26.7 Å². The SMILES string of the molecule is C[C@H]1CC[C@H](c2ccccc2)S(=O)(=O)N1Cc1ccc(C2([C@H](O)CCO)CCOCC2)cc1F. The van der Waals surface area contributed by atoms with Crippen molar-refractivity contribution in [2.24, 2.45) is 0 Å². The zero-order valence-electron chi connectivity index (χ0n) is 19.6. The molecule has 2 aromatic carbocycles. The van der Waals surface area contributed by atoms with Gasteiger partial charge in [0.1, 0.15) is 11.1 Å². The predicted octanol–water partition coefficient (Wildman–Crippen LogP) is 3.67. The number of aliphatic hydroxyl groups excluding tert-OH is 2. The van der Waals surface area contributed by atoms with Crippen molar-refractivity contribution in [2.75, 3.05) is 19.8 Å². The molecule has 0 aromatic heterocycles. The van der Waals surface area contributed by atoms with E-state index in [9.17, 15) is 18.6 Å². The average Bonchev–Trinajstić information content (AvgIpc) is 2.83. The van der Waals surface area contributed by atoms with Gasteiger partial charge < -0.3 is 14.9 Å². The Morgan fingerprint density at radius 1 is 1.15 bits per heavy atom. The molecule has 4 rings (SSSR count). The molecule has 2 N–H and O–H groups in total. The van der Waals surface area contributed by atoms with Crippen LogP contribution < -0.4 is 0 Å². The molecule has 3 atom stereocenters. The summed E-state index contributed by atoms with van der Waals surface area (Å²) in [6.45, 7) is 2.59. The van der Waals surface area contributed by atoms with Gasteiger partial charge in [0.15, 0.2) is 0 Å². The van der Waals surface area contributed by atoms with Crippen LogP contribution in [0.15, 0.2) is 48.5 Å². The number of hydrogen-bond acceptors (Lipinski definition) is 5. The van der Waals surface area contributed by atoms with Gasteiger partial charge in [-0.3, -0.25) is 0 Å². The fraction of sp³-hybridized carbons (Fsp3) is 0.538. The van der Waals surface area contributed by atoms with Crippen molar-refractivity contribution in [1.29, 1.82) is 0 Å². The highest BCUT2D eigenvalue weighted by Crippen LogP contribution is 2.41. The number of halogens is 1. The van der Waals surface area contributed by atoms with E-state index in [1.165, 1.54) is 10.4 Å². The highest BCUT2D eigenvalue weighted by atomic mass is 32.2. The number of rotatable bonds is 7. The van der Waals surface area contributed by atoms with E-state index in [1.54, 1.807) is 12.1 Å². The van der Waals surface area contributed by atoms with Crippen LogP contribution in [0.1, 0.15) is 61.0 Å². The minimum absolute atomic E-state index is 0.0335. The Balaban J connectivity index is 1.61. The standard InChI is InChI=1S/C26H34FNO5S/c1-19-7-10-24(20-5-3-2-4-6-20)34(31,32)28(19)18-21-8-9-22(17-23(21)27)26(25(30)11-14-29)12-15-33-16-13-26/h2-6,8-9,17,19,24-25,29-30H,7,10-16,18H2,1H3/t19-,24+,25+/m0/s1. The lowest BCUT2D eigenvalue weighted by Gasteiger charge is -2.42. The summed E-state index contributed by atoms with van der Waals surface area (Å²) in [6, 6.07) is 13.8. The van der Waals surface area contributed by atoms with Gasteiger partial charge in [0.05, 0.1) is 6.10 Å². The monoisotopic (exact) mass is 491 g/mol. The summed E-state index contributed by atoms with van der Waals surface area (Å²) in [7, 11) is -3.66. The molecule has 2 heterocycles. The van der Waals surface area contributed by atoms with E-state index in [0.717, 1.165) is 5.56 Å². The summed E-state index contributed by atoms with van der Waals surface area (Å²) >= 11 is 0. The molecular weight excluding hydrogens is 457 g/mol. The van der Waals surface area contributed by atoms with Gasteiger partial charge in [-0.05, 0) is 56.2 Å². The van der Waals surface area contributed by atoms with Gasteiger partial charge in [-0.1, -0.05) is 42.5 Å². The summed E-state index contributed by atoms with van der Waals surface area (Å²) in [5.74, 6) is -0.483. The summed E-state index contributed by atoms with van der Waals surface area (Å²) < 4.78 is 49.3. The molecule has 2 aromatic rings. The Kier molecular flexibility index (Phi) is 7.74. The average molecular weight is 492 g/mol. The lowest BCUT2D eigenvalue weighted by atomic mass is 9.69. The van der Waals surface area contributed by atoms with Crippen LogP contribution in [0.4, 0.5) is 4.39 Å². The second kappa shape index (κ2) is 10.4. The Morgan fingerprint density at radius 3 is 2.50 bits per heavy atom. The highest BCUT2D eigenvalue weighted by Gasteiger charge is 2.43. The third-order valence-electron chi connectivity index (χ3n) is 7.58. The summed E-state index contributed by atoms with van der Waals surface area (Å²) in [5, 5.41) is 19.5. The number of sulfonamides is 1. The van der Waals surface area contributed by atoms with Crippen molar-refractivity contribution in [3.8, 4) is 0 Å². The first kappa shape index (κ1) is 25.3. The number of aliphatic hydroxyl groups is 2. The summed E-state index contributed by atoms with van der Waals surface area (Å²) in [4.78, 5) is 0. The molecular formula is C26H34FNO5S. The van der Waals surface area contributed by atoms with E-state index in [0.29, 0.717) is 50.0 Å². The Morgan fingerprint density at radius 2 is 1.85 bits per heavy atom. The zero-order chi connectivity index (χ0) is 24.3. The van der Waals surface area contributed by atoms with Gasteiger partial charge in [0.25, 0.3) is 0 Å². The molecule has 2 aliphatic heterocycles. The first-order chi connectivity index (χ1) is 16.3.